The zero-order chi connectivity index (χ0) is 13.1. The van der Waals surface area contributed by atoms with Gasteiger partial charge in [-0.3, -0.25) is 0 Å². The van der Waals surface area contributed by atoms with Crippen molar-refractivity contribution in [2.75, 3.05) is 0 Å². The van der Waals surface area contributed by atoms with Crippen molar-refractivity contribution in [3.05, 3.63) is 36.0 Å². The van der Waals surface area contributed by atoms with Crippen LogP contribution in [0.1, 0.15) is 44.6 Å². The first-order valence-corrected chi connectivity index (χ1v) is 7.61. The summed E-state index contributed by atoms with van der Waals surface area (Å²) in [5, 5.41) is 5.07. The van der Waals surface area contributed by atoms with Crippen LogP contribution in [0.3, 0.4) is 0 Å². The third kappa shape index (κ3) is 3.01. The van der Waals surface area contributed by atoms with Gasteiger partial charge in [-0.25, -0.2) is 0 Å². The highest BCUT2D eigenvalue weighted by Crippen LogP contribution is 2.23. The summed E-state index contributed by atoms with van der Waals surface area (Å²) in [7, 11) is 0. The number of aromatic amines is 1. The van der Waals surface area contributed by atoms with Gasteiger partial charge in [0.1, 0.15) is 0 Å². The van der Waals surface area contributed by atoms with Crippen molar-refractivity contribution in [2.24, 2.45) is 5.92 Å². The molecule has 1 aromatic heterocycles. The molecular weight excluding hydrogens is 232 g/mol. The van der Waals surface area contributed by atoms with Gasteiger partial charge in [0.15, 0.2) is 0 Å². The van der Waals surface area contributed by atoms with Crippen LogP contribution in [0.15, 0.2) is 30.5 Å². The van der Waals surface area contributed by atoms with Crippen LogP contribution in [0.2, 0.25) is 0 Å². The van der Waals surface area contributed by atoms with E-state index in [2.05, 4.69) is 41.5 Å². The summed E-state index contributed by atoms with van der Waals surface area (Å²) in [6.07, 6.45) is 8.87. The molecule has 2 atom stereocenters. The number of fused-ring (bicyclic) bond motifs is 1. The Bertz CT molecular complexity index is 529. The average molecular weight is 256 g/mol. The van der Waals surface area contributed by atoms with Gasteiger partial charge in [-0.05, 0) is 42.2 Å². The molecule has 1 aliphatic carbocycles. The molecule has 0 amide bonds. The molecule has 0 spiro atoms. The molecule has 1 saturated carbocycles. The highest BCUT2D eigenvalue weighted by molar-refractivity contribution is 5.82. The molecule has 0 aliphatic heterocycles. The number of hydrogen-bond donors (Lipinski definition) is 2. The molecule has 1 aliphatic rings. The molecule has 2 aromatic rings. The molecule has 2 nitrogen and oxygen atoms in total. The first kappa shape index (κ1) is 12.7. The van der Waals surface area contributed by atoms with Crippen LogP contribution in [0, 0.1) is 5.92 Å². The highest BCUT2D eigenvalue weighted by Gasteiger charge is 2.15. The normalized spacial score (nSPS) is 24.5. The number of para-hydroxylation sites is 1. The minimum absolute atomic E-state index is 0.704. The number of nitrogens with one attached hydrogen (secondary N) is 2. The van der Waals surface area contributed by atoms with Crippen molar-refractivity contribution in [1.29, 1.82) is 0 Å². The van der Waals surface area contributed by atoms with Crippen LogP contribution in [0.5, 0.6) is 0 Å². The van der Waals surface area contributed by atoms with Gasteiger partial charge in [0, 0.05) is 24.3 Å². The maximum atomic E-state index is 3.76. The lowest BCUT2D eigenvalue weighted by Crippen LogP contribution is -2.28. The summed E-state index contributed by atoms with van der Waals surface area (Å²) in [6.45, 7) is 3.37. The fourth-order valence-electron chi connectivity index (χ4n) is 3.24. The van der Waals surface area contributed by atoms with Gasteiger partial charge in [0.05, 0.1) is 0 Å². The SMILES string of the molecule is CC1CCCC(NCc2cccc3cc[nH]c23)CC1. The molecule has 3 rings (SSSR count). The van der Waals surface area contributed by atoms with Gasteiger partial charge in [0.2, 0.25) is 0 Å². The molecule has 0 bridgehead atoms. The minimum Gasteiger partial charge on any atom is -0.361 e. The Hall–Kier alpha value is -1.28. The van der Waals surface area contributed by atoms with E-state index >= 15 is 0 Å². The second kappa shape index (κ2) is 5.79. The quantitative estimate of drug-likeness (QED) is 0.790. The minimum atomic E-state index is 0.704. The molecule has 1 heterocycles. The zero-order valence-corrected chi connectivity index (χ0v) is 11.8. The molecule has 102 valence electrons. The predicted octanol–water partition coefficient (Wildman–Crippen LogP) is 4.23. The Morgan fingerprint density at radius 2 is 2.11 bits per heavy atom. The first-order chi connectivity index (χ1) is 9.33. The largest absolute Gasteiger partial charge is 0.361 e. The van der Waals surface area contributed by atoms with E-state index in [1.54, 1.807) is 0 Å². The maximum absolute atomic E-state index is 3.76. The Kier molecular flexibility index (Phi) is 3.88. The van der Waals surface area contributed by atoms with Crippen molar-refractivity contribution in [3.63, 3.8) is 0 Å². The predicted molar refractivity (Wildman–Crippen MR) is 81.2 cm³/mol. The van der Waals surface area contributed by atoms with E-state index < -0.39 is 0 Å². The maximum Gasteiger partial charge on any atom is 0.0499 e. The molecular formula is C17H24N2. The van der Waals surface area contributed by atoms with E-state index in [4.69, 9.17) is 0 Å². The van der Waals surface area contributed by atoms with Crippen molar-refractivity contribution < 1.29 is 0 Å². The van der Waals surface area contributed by atoms with Gasteiger partial charge in [0.25, 0.3) is 0 Å². The lowest BCUT2D eigenvalue weighted by Gasteiger charge is -2.16. The summed E-state index contributed by atoms with van der Waals surface area (Å²) < 4.78 is 0. The number of benzene rings is 1. The summed E-state index contributed by atoms with van der Waals surface area (Å²) in [6, 6.07) is 9.40. The fraction of sp³-hybridized carbons (Fsp3) is 0.529. The van der Waals surface area contributed by atoms with Crippen LogP contribution in [0.25, 0.3) is 10.9 Å². The van der Waals surface area contributed by atoms with Gasteiger partial charge in [-0.2, -0.15) is 0 Å². The summed E-state index contributed by atoms with van der Waals surface area (Å²) in [5.41, 5.74) is 2.68. The zero-order valence-electron chi connectivity index (χ0n) is 11.8. The number of rotatable bonds is 3. The summed E-state index contributed by atoms with van der Waals surface area (Å²) in [4.78, 5) is 3.36. The van der Waals surface area contributed by atoms with E-state index in [0.29, 0.717) is 6.04 Å². The molecule has 2 N–H and O–H groups in total. The molecule has 2 heteroatoms. The Morgan fingerprint density at radius 3 is 3.05 bits per heavy atom. The lowest BCUT2D eigenvalue weighted by molar-refractivity contribution is 0.448. The van der Waals surface area contributed by atoms with Crippen LogP contribution in [-0.2, 0) is 6.54 Å². The van der Waals surface area contributed by atoms with E-state index in [1.165, 1.54) is 48.6 Å². The van der Waals surface area contributed by atoms with Crippen molar-refractivity contribution in [2.45, 2.75) is 51.6 Å². The van der Waals surface area contributed by atoms with E-state index in [0.717, 1.165) is 12.5 Å². The van der Waals surface area contributed by atoms with E-state index in [9.17, 15) is 0 Å². The lowest BCUT2D eigenvalue weighted by atomic mass is 10.0. The van der Waals surface area contributed by atoms with Crippen molar-refractivity contribution >= 4 is 10.9 Å². The highest BCUT2D eigenvalue weighted by atomic mass is 14.9. The number of H-pyrrole nitrogens is 1. The fourth-order valence-corrected chi connectivity index (χ4v) is 3.24. The van der Waals surface area contributed by atoms with Crippen LogP contribution in [-0.4, -0.2) is 11.0 Å². The van der Waals surface area contributed by atoms with Crippen LogP contribution in [0.4, 0.5) is 0 Å². The average Bonchev–Trinajstić information content (AvgIpc) is 2.81. The van der Waals surface area contributed by atoms with Gasteiger partial charge in [-0.15, -0.1) is 0 Å². The molecule has 1 fully saturated rings. The second-order valence-electron chi connectivity index (χ2n) is 6.05. The van der Waals surface area contributed by atoms with Crippen molar-refractivity contribution in [3.8, 4) is 0 Å². The topological polar surface area (TPSA) is 27.8 Å². The third-order valence-electron chi connectivity index (χ3n) is 4.51. The Balaban J connectivity index is 1.64. The summed E-state index contributed by atoms with van der Waals surface area (Å²) >= 11 is 0. The molecule has 1 aromatic carbocycles. The second-order valence-corrected chi connectivity index (χ2v) is 6.05. The monoisotopic (exact) mass is 256 g/mol. The van der Waals surface area contributed by atoms with Crippen LogP contribution >= 0.6 is 0 Å². The Morgan fingerprint density at radius 1 is 1.16 bits per heavy atom. The molecule has 19 heavy (non-hydrogen) atoms. The standard InChI is InChI=1S/C17H24N2/c1-13-4-2-7-16(9-8-13)19-12-15-6-3-5-14-10-11-18-17(14)15/h3,5-6,10-11,13,16,18-19H,2,4,7-9,12H2,1H3. The van der Waals surface area contributed by atoms with Gasteiger partial charge >= 0.3 is 0 Å². The number of hydrogen-bond acceptors (Lipinski definition) is 1. The molecule has 2 unspecified atom stereocenters. The van der Waals surface area contributed by atoms with Gasteiger partial charge < -0.3 is 10.3 Å². The smallest absolute Gasteiger partial charge is 0.0499 e. The van der Waals surface area contributed by atoms with Gasteiger partial charge in [-0.1, -0.05) is 38.0 Å². The van der Waals surface area contributed by atoms with E-state index in [-0.39, 0.29) is 0 Å². The Labute approximate surface area is 115 Å². The van der Waals surface area contributed by atoms with Crippen molar-refractivity contribution in [1.82, 2.24) is 10.3 Å². The number of aromatic nitrogens is 1. The van der Waals surface area contributed by atoms with Crippen LogP contribution < -0.4 is 5.32 Å². The molecule has 0 saturated heterocycles. The van der Waals surface area contributed by atoms with E-state index in [1.807, 2.05) is 6.20 Å². The summed E-state index contributed by atoms with van der Waals surface area (Å²) in [5.74, 6) is 0.915. The third-order valence-corrected chi connectivity index (χ3v) is 4.51. The molecule has 0 radical (unpaired) electrons. The first-order valence-electron chi connectivity index (χ1n) is 7.61.